The molecule has 50 heavy (non-hydrogen) atoms. The van der Waals surface area contributed by atoms with Crippen LogP contribution < -0.4 is 0 Å². The summed E-state index contributed by atoms with van der Waals surface area (Å²) in [4.78, 5) is 14.8. The van der Waals surface area contributed by atoms with E-state index in [-0.39, 0.29) is 22.0 Å². The van der Waals surface area contributed by atoms with Gasteiger partial charge in [0.1, 0.15) is 11.5 Å². The second-order valence-electron chi connectivity index (χ2n) is 17.3. The van der Waals surface area contributed by atoms with Crippen molar-refractivity contribution in [2.75, 3.05) is 39.8 Å². The Bertz CT molecular complexity index is 1780. The number of phenols is 2. The number of para-hydroxylation sites is 2. The fraction of sp³-hybridized carbons (Fsp3) is 0.512. The summed E-state index contributed by atoms with van der Waals surface area (Å²) in [5.41, 5.74) is 6.57. The smallest absolute Gasteiger partial charge is 0.350 e. The molecule has 3 aromatic rings. The van der Waals surface area contributed by atoms with Crippen LogP contribution in [-0.4, -0.2) is 82.7 Å². The molecule has 5 rings (SSSR count). The molecule has 1 fully saturated rings. The molecule has 2 aliphatic heterocycles. The lowest BCUT2D eigenvalue weighted by Crippen LogP contribution is -2.57. The molecule has 0 saturated carbocycles. The fourth-order valence-corrected chi connectivity index (χ4v) is 6.98. The molecular weight excluding hydrogens is 619 g/mol. The van der Waals surface area contributed by atoms with Crippen molar-refractivity contribution in [2.45, 2.75) is 104 Å². The zero-order valence-corrected chi connectivity index (χ0v) is 32.3. The SMILES string of the molecule is C[N+]1=C2N(CCCc3cc(C(C)(C)C)cc(C=Nc4ccccc4N=Cc4cc(C(C)(C)C)cc(C(C)(C)C)c4O)c3O)CCCN2CCC1. The zero-order valence-electron chi connectivity index (χ0n) is 32.3. The Kier molecular flexibility index (Phi) is 10.9. The predicted molar refractivity (Wildman–Crippen MR) is 210 cm³/mol. The maximum atomic E-state index is 11.6. The molecule has 2 aliphatic rings. The van der Waals surface area contributed by atoms with Gasteiger partial charge in [0.05, 0.1) is 51.1 Å². The fourth-order valence-electron chi connectivity index (χ4n) is 6.98. The molecule has 0 amide bonds. The third-order valence-corrected chi connectivity index (χ3v) is 10.0. The zero-order chi connectivity index (χ0) is 36.4. The Hall–Kier alpha value is -4.13. The first kappa shape index (κ1) is 37.1. The van der Waals surface area contributed by atoms with Crippen LogP contribution in [0.1, 0.15) is 115 Å². The van der Waals surface area contributed by atoms with Crippen LogP contribution in [0, 0.1) is 0 Å². The molecule has 0 aromatic heterocycles. The van der Waals surface area contributed by atoms with E-state index >= 15 is 0 Å². The highest BCUT2D eigenvalue weighted by Crippen LogP contribution is 2.38. The minimum absolute atomic E-state index is 0.0826. The van der Waals surface area contributed by atoms with Crippen molar-refractivity contribution in [1.29, 1.82) is 0 Å². The first-order valence-corrected chi connectivity index (χ1v) is 18.4. The molecule has 0 aliphatic carbocycles. The molecule has 2 N–H and O–H groups in total. The monoisotopic (exact) mass is 678 g/mol. The number of hydrogen-bond acceptors (Lipinski definition) is 6. The standard InChI is InChI=1S/C43H59N5O2/c1-41(2,3)33-24-30(16-13-20-47-22-15-23-48-21-14-19-46(10)40(47)48)38(49)31(25-33)28-44-36-17-11-12-18-37(36)45-29-32-26-34(42(4,5)6)27-35(39(32)50)43(7,8)9/h11-12,17-18,24-29H,13-16,19-23H2,1-10H3,(H-,44,45,49,50)/p+1. The molecule has 2 heterocycles. The molecule has 0 spiro atoms. The number of guanidine groups is 1. The van der Waals surface area contributed by atoms with Gasteiger partial charge in [-0.1, -0.05) is 86.6 Å². The van der Waals surface area contributed by atoms with Crippen molar-refractivity contribution >= 4 is 29.8 Å². The van der Waals surface area contributed by atoms with Crippen LogP contribution in [0.3, 0.4) is 0 Å². The van der Waals surface area contributed by atoms with Gasteiger partial charge in [-0.25, -0.2) is 0 Å². The normalized spacial score (nSPS) is 16.2. The summed E-state index contributed by atoms with van der Waals surface area (Å²) in [6.45, 7) is 25.0. The molecule has 7 heteroatoms. The van der Waals surface area contributed by atoms with Gasteiger partial charge < -0.3 is 10.2 Å². The lowest BCUT2D eigenvalue weighted by molar-refractivity contribution is -0.515. The molecule has 0 bridgehead atoms. The van der Waals surface area contributed by atoms with E-state index < -0.39 is 0 Å². The third-order valence-electron chi connectivity index (χ3n) is 10.0. The first-order valence-electron chi connectivity index (χ1n) is 18.4. The van der Waals surface area contributed by atoms with Gasteiger partial charge in [0.15, 0.2) is 0 Å². The summed E-state index contributed by atoms with van der Waals surface area (Å²) < 4.78 is 2.41. The van der Waals surface area contributed by atoms with E-state index in [0.717, 1.165) is 62.3 Å². The average Bonchev–Trinajstić information content (AvgIpc) is 3.03. The lowest BCUT2D eigenvalue weighted by Gasteiger charge is -2.36. The van der Waals surface area contributed by atoms with Crippen molar-refractivity contribution in [3.63, 3.8) is 0 Å². The number of nitrogens with zero attached hydrogens (tertiary/aromatic N) is 5. The molecule has 0 atom stereocenters. The highest BCUT2D eigenvalue weighted by molar-refractivity contribution is 5.90. The van der Waals surface area contributed by atoms with Gasteiger partial charge in [-0.05, 0) is 70.0 Å². The number of aryl methyl sites for hydroxylation is 1. The Morgan fingerprint density at radius 3 is 1.86 bits per heavy atom. The molecule has 7 nitrogen and oxygen atoms in total. The quantitative estimate of drug-likeness (QED) is 0.185. The van der Waals surface area contributed by atoms with E-state index in [1.165, 1.54) is 24.4 Å². The number of fused-ring (bicyclic) bond motifs is 1. The van der Waals surface area contributed by atoms with Gasteiger partial charge in [0.25, 0.3) is 0 Å². The Morgan fingerprint density at radius 2 is 1.28 bits per heavy atom. The van der Waals surface area contributed by atoms with Crippen LogP contribution in [0.25, 0.3) is 0 Å². The highest BCUT2D eigenvalue weighted by Gasteiger charge is 2.34. The molecule has 3 aromatic carbocycles. The molecule has 0 unspecified atom stereocenters. The topological polar surface area (TPSA) is 74.7 Å². The van der Waals surface area contributed by atoms with E-state index in [4.69, 9.17) is 9.98 Å². The number of aromatic hydroxyl groups is 2. The molecule has 1 saturated heterocycles. The highest BCUT2D eigenvalue weighted by atomic mass is 16.3. The first-order chi connectivity index (χ1) is 23.4. The largest absolute Gasteiger partial charge is 0.507 e. The summed E-state index contributed by atoms with van der Waals surface area (Å²) in [6, 6.07) is 16.1. The van der Waals surface area contributed by atoms with Crippen LogP contribution >= 0.6 is 0 Å². The molecule has 268 valence electrons. The van der Waals surface area contributed by atoms with Crippen molar-refractivity contribution in [3.05, 3.63) is 81.9 Å². The Morgan fingerprint density at radius 1 is 0.720 bits per heavy atom. The van der Waals surface area contributed by atoms with Crippen LogP contribution in [0.2, 0.25) is 0 Å². The summed E-state index contributed by atoms with van der Waals surface area (Å²) in [5.74, 6) is 1.92. The number of rotatable bonds is 8. The van der Waals surface area contributed by atoms with Crippen molar-refractivity contribution in [2.24, 2.45) is 9.98 Å². The van der Waals surface area contributed by atoms with E-state index in [1.54, 1.807) is 12.4 Å². The maximum Gasteiger partial charge on any atom is 0.350 e. The van der Waals surface area contributed by atoms with Gasteiger partial charge in [0.2, 0.25) is 0 Å². The van der Waals surface area contributed by atoms with Crippen LogP contribution in [-0.2, 0) is 22.7 Å². The summed E-state index contributed by atoms with van der Waals surface area (Å²) in [6.07, 6.45) is 7.67. The second-order valence-corrected chi connectivity index (χ2v) is 17.3. The Balaban J connectivity index is 1.42. The van der Waals surface area contributed by atoms with Gasteiger partial charge >= 0.3 is 5.96 Å². The number of phenolic OH excluding ortho intramolecular Hbond substituents is 2. The van der Waals surface area contributed by atoms with Crippen molar-refractivity contribution in [3.8, 4) is 11.5 Å². The third kappa shape index (κ3) is 8.59. The van der Waals surface area contributed by atoms with Crippen LogP contribution in [0.5, 0.6) is 11.5 Å². The van der Waals surface area contributed by atoms with Gasteiger partial charge in [-0.3, -0.25) is 24.4 Å². The Labute approximate surface area is 301 Å². The van der Waals surface area contributed by atoms with E-state index in [2.05, 4.69) is 102 Å². The van der Waals surface area contributed by atoms with E-state index in [0.29, 0.717) is 28.3 Å². The van der Waals surface area contributed by atoms with Crippen molar-refractivity contribution in [1.82, 2.24) is 9.80 Å². The summed E-state index contributed by atoms with van der Waals surface area (Å²) >= 11 is 0. The number of benzene rings is 3. The minimum Gasteiger partial charge on any atom is -0.507 e. The van der Waals surface area contributed by atoms with Gasteiger partial charge in [0, 0.05) is 42.0 Å². The minimum atomic E-state index is -0.224. The predicted octanol–water partition coefficient (Wildman–Crippen LogP) is 8.83. The average molecular weight is 679 g/mol. The summed E-state index contributed by atoms with van der Waals surface area (Å²) in [5, 5.41) is 22.9. The van der Waals surface area contributed by atoms with Crippen LogP contribution in [0.15, 0.2) is 58.5 Å². The van der Waals surface area contributed by atoms with Gasteiger partial charge in [-0.15, -0.1) is 0 Å². The number of hydrogen-bond donors (Lipinski definition) is 2. The molecule has 0 radical (unpaired) electrons. The number of aliphatic imine (C=N–C) groups is 2. The maximum absolute atomic E-state index is 11.6. The second kappa shape index (κ2) is 14.6. The molecular formula is C43H60N5O2+. The van der Waals surface area contributed by atoms with Gasteiger partial charge in [-0.2, -0.15) is 0 Å². The van der Waals surface area contributed by atoms with Crippen molar-refractivity contribution < 1.29 is 14.8 Å². The van der Waals surface area contributed by atoms with E-state index in [9.17, 15) is 10.2 Å². The summed E-state index contributed by atoms with van der Waals surface area (Å²) in [7, 11) is 2.21. The lowest BCUT2D eigenvalue weighted by atomic mass is 9.79. The van der Waals surface area contributed by atoms with E-state index in [1.807, 2.05) is 30.3 Å². The van der Waals surface area contributed by atoms with Crippen LogP contribution in [0.4, 0.5) is 11.4 Å².